The van der Waals surface area contributed by atoms with Crippen molar-refractivity contribution in [3.8, 4) is 11.5 Å². The fourth-order valence-electron chi connectivity index (χ4n) is 3.34. The van der Waals surface area contributed by atoms with Gasteiger partial charge in [-0.05, 0) is 54.8 Å². The summed E-state index contributed by atoms with van der Waals surface area (Å²) >= 11 is 3.32. The van der Waals surface area contributed by atoms with Gasteiger partial charge in [0.1, 0.15) is 5.82 Å². The minimum Gasteiger partial charge on any atom is -0.493 e. The minimum absolute atomic E-state index is 0.0330. The number of carbonyl (C=O) groups is 1. The number of halogens is 2. The predicted molar refractivity (Wildman–Crippen MR) is 106 cm³/mol. The molecule has 0 aliphatic carbocycles. The Morgan fingerprint density at radius 3 is 2.70 bits per heavy atom. The Labute approximate surface area is 166 Å². The van der Waals surface area contributed by atoms with E-state index in [1.807, 2.05) is 23.1 Å². The quantitative estimate of drug-likeness (QED) is 0.623. The molecular weight excluding hydrogens is 413 g/mol. The standard InChI is InChI=1S/C21H21BrFNO3/c1-26-19-9-5-15(13-20(19)27-2)18-4-3-11-24(18)21(25)10-6-14-12-16(22)7-8-17(14)23/h5-10,12-13,18H,3-4,11H2,1-2H3/b10-6+. The van der Waals surface area contributed by atoms with E-state index in [0.717, 1.165) is 22.9 Å². The highest BCUT2D eigenvalue weighted by atomic mass is 79.9. The summed E-state index contributed by atoms with van der Waals surface area (Å²) in [4.78, 5) is 14.5. The van der Waals surface area contributed by atoms with Crippen molar-refractivity contribution < 1.29 is 18.7 Å². The fourth-order valence-corrected chi connectivity index (χ4v) is 3.72. The van der Waals surface area contributed by atoms with Crippen molar-refractivity contribution in [1.29, 1.82) is 0 Å². The first-order valence-electron chi connectivity index (χ1n) is 8.69. The number of ether oxygens (including phenoxy) is 2. The third-order valence-electron chi connectivity index (χ3n) is 4.69. The van der Waals surface area contributed by atoms with Crippen LogP contribution in [0.4, 0.5) is 4.39 Å². The van der Waals surface area contributed by atoms with Gasteiger partial charge in [0.2, 0.25) is 5.91 Å². The van der Waals surface area contributed by atoms with Crippen molar-refractivity contribution in [2.75, 3.05) is 20.8 Å². The average Bonchev–Trinajstić information content (AvgIpc) is 3.17. The zero-order valence-electron chi connectivity index (χ0n) is 15.2. The molecule has 1 unspecified atom stereocenters. The Morgan fingerprint density at radius 1 is 1.19 bits per heavy atom. The van der Waals surface area contributed by atoms with Gasteiger partial charge >= 0.3 is 0 Å². The molecule has 0 N–H and O–H groups in total. The van der Waals surface area contributed by atoms with E-state index in [9.17, 15) is 9.18 Å². The summed E-state index contributed by atoms with van der Waals surface area (Å²) in [7, 11) is 3.18. The van der Waals surface area contributed by atoms with Crippen LogP contribution >= 0.6 is 15.9 Å². The molecule has 3 rings (SSSR count). The van der Waals surface area contributed by atoms with E-state index >= 15 is 0 Å². The summed E-state index contributed by atoms with van der Waals surface area (Å²) in [6, 6.07) is 10.3. The number of methoxy groups -OCH3 is 2. The summed E-state index contributed by atoms with van der Waals surface area (Å²) in [5.41, 5.74) is 1.38. The first-order valence-corrected chi connectivity index (χ1v) is 9.48. The molecule has 1 fully saturated rings. The summed E-state index contributed by atoms with van der Waals surface area (Å²) in [6.07, 6.45) is 4.75. The van der Waals surface area contributed by atoms with Gasteiger partial charge in [0.25, 0.3) is 0 Å². The molecule has 142 valence electrons. The molecule has 1 amide bonds. The van der Waals surface area contributed by atoms with Crippen molar-refractivity contribution in [1.82, 2.24) is 4.90 Å². The smallest absolute Gasteiger partial charge is 0.247 e. The summed E-state index contributed by atoms with van der Waals surface area (Å²) in [6.45, 7) is 0.670. The second-order valence-corrected chi connectivity index (χ2v) is 7.22. The minimum atomic E-state index is -0.361. The van der Waals surface area contributed by atoms with Gasteiger partial charge < -0.3 is 14.4 Å². The maximum atomic E-state index is 13.9. The Balaban J connectivity index is 1.80. The van der Waals surface area contributed by atoms with Crippen LogP contribution in [-0.2, 0) is 4.79 Å². The number of benzene rings is 2. The predicted octanol–water partition coefficient (Wildman–Crippen LogP) is 4.98. The number of carbonyl (C=O) groups excluding carboxylic acids is 1. The van der Waals surface area contributed by atoms with Crippen LogP contribution in [0, 0.1) is 5.82 Å². The lowest BCUT2D eigenvalue weighted by Crippen LogP contribution is -2.28. The van der Waals surface area contributed by atoms with Gasteiger partial charge in [-0.2, -0.15) is 0 Å². The van der Waals surface area contributed by atoms with Crippen molar-refractivity contribution in [2.45, 2.75) is 18.9 Å². The van der Waals surface area contributed by atoms with Gasteiger partial charge in [-0.15, -0.1) is 0 Å². The highest BCUT2D eigenvalue weighted by Gasteiger charge is 2.29. The van der Waals surface area contributed by atoms with Gasteiger partial charge in [-0.25, -0.2) is 4.39 Å². The third kappa shape index (κ3) is 4.33. The third-order valence-corrected chi connectivity index (χ3v) is 5.19. The van der Waals surface area contributed by atoms with E-state index in [1.54, 1.807) is 26.4 Å². The van der Waals surface area contributed by atoms with E-state index in [4.69, 9.17) is 9.47 Å². The summed E-state index contributed by atoms with van der Waals surface area (Å²) in [5, 5.41) is 0. The van der Waals surface area contributed by atoms with Crippen LogP contribution in [0.3, 0.4) is 0 Å². The van der Waals surface area contributed by atoms with Gasteiger partial charge in [0.05, 0.1) is 20.3 Å². The number of likely N-dealkylation sites (tertiary alicyclic amines) is 1. The fraction of sp³-hybridized carbons (Fsp3) is 0.286. The lowest BCUT2D eigenvalue weighted by molar-refractivity contribution is -0.126. The molecule has 4 nitrogen and oxygen atoms in total. The van der Waals surface area contributed by atoms with E-state index in [1.165, 1.54) is 18.2 Å². The Kier molecular flexibility index (Phi) is 6.16. The molecule has 0 spiro atoms. The molecule has 1 aliphatic heterocycles. The molecule has 1 aliphatic rings. The zero-order chi connectivity index (χ0) is 19.4. The van der Waals surface area contributed by atoms with Crippen molar-refractivity contribution in [3.05, 3.63) is 63.9 Å². The molecule has 0 aromatic heterocycles. The highest BCUT2D eigenvalue weighted by Crippen LogP contribution is 2.37. The number of hydrogen-bond donors (Lipinski definition) is 0. The average molecular weight is 434 g/mol. The van der Waals surface area contributed by atoms with E-state index in [2.05, 4.69) is 15.9 Å². The van der Waals surface area contributed by atoms with Gasteiger partial charge in [-0.3, -0.25) is 4.79 Å². The van der Waals surface area contributed by atoms with E-state index in [-0.39, 0.29) is 17.8 Å². The van der Waals surface area contributed by atoms with Crippen molar-refractivity contribution in [3.63, 3.8) is 0 Å². The van der Waals surface area contributed by atoms with E-state index < -0.39 is 0 Å². The van der Waals surface area contributed by atoms with Crippen LogP contribution in [0.1, 0.15) is 30.0 Å². The van der Waals surface area contributed by atoms with Gasteiger partial charge in [0.15, 0.2) is 11.5 Å². The van der Waals surface area contributed by atoms with Crippen LogP contribution in [-0.4, -0.2) is 31.6 Å². The molecular formula is C21H21BrFNO3. The number of hydrogen-bond acceptors (Lipinski definition) is 3. The van der Waals surface area contributed by atoms with Crippen LogP contribution < -0.4 is 9.47 Å². The summed E-state index contributed by atoms with van der Waals surface area (Å²) in [5.74, 6) is 0.801. The topological polar surface area (TPSA) is 38.8 Å². The molecule has 0 bridgehead atoms. The van der Waals surface area contributed by atoms with Crippen LogP contribution in [0.15, 0.2) is 46.9 Å². The normalized spacial score (nSPS) is 16.7. The van der Waals surface area contributed by atoms with Crippen molar-refractivity contribution >= 4 is 27.9 Å². The maximum Gasteiger partial charge on any atom is 0.247 e. The van der Waals surface area contributed by atoms with Gasteiger partial charge in [0, 0.05) is 22.7 Å². The lowest BCUT2D eigenvalue weighted by Gasteiger charge is -2.24. The van der Waals surface area contributed by atoms with E-state index in [0.29, 0.717) is 23.6 Å². The van der Waals surface area contributed by atoms with Crippen LogP contribution in [0.25, 0.3) is 6.08 Å². The Morgan fingerprint density at radius 2 is 1.96 bits per heavy atom. The molecule has 1 heterocycles. The van der Waals surface area contributed by atoms with Crippen molar-refractivity contribution in [2.24, 2.45) is 0 Å². The van der Waals surface area contributed by atoms with Crippen LogP contribution in [0.5, 0.6) is 11.5 Å². The molecule has 6 heteroatoms. The maximum absolute atomic E-state index is 13.9. The first-order chi connectivity index (χ1) is 13.0. The first kappa shape index (κ1) is 19.4. The molecule has 1 atom stereocenters. The summed E-state index contributed by atoms with van der Waals surface area (Å²) < 4.78 is 25.3. The van der Waals surface area contributed by atoms with Crippen LogP contribution in [0.2, 0.25) is 0 Å². The number of rotatable bonds is 5. The molecule has 0 saturated carbocycles. The monoisotopic (exact) mass is 433 g/mol. The molecule has 27 heavy (non-hydrogen) atoms. The Hall–Kier alpha value is -2.34. The largest absolute Gasteiger partial charge is 0.493 e. The molecule has 1 saturated heterocycles. The lowest BCUT2D eigenvalue weighted by atomic mass is 10.0. The SMILES string of the molecule is COc1ccc(C2CCCN2C(=O)/C=C/c2cc(Br)ccc2F)cc1OC. The number of nitrogens with zero attached hydrogens (tertiary/aromatic N) is 1. The number of amides is 1. The second kappa shape index (κ2) is 8.57. The van der Waals surface area contributed by atoms with Gasteiger partial charge in [-0.1, -0.05) is 22.0 Å². The zero-order valence-corrected chi connectivity index (χ0v) is 16.8. The molecule has 2 aromatic carbocycles. The second-order valence-electron chi connectivity index (χ2n) is 6.30. The Bertz CT molecular complexity index is 869. The molecule has 0 radical (unpaired) electrons. The molecule has 2 aromatic rings. The highest BCUT2D eigenvalue weighted by molar-refractivity contribution is 9.10.